The summed E-state index contributed by atoms with van der Waals surface area (Å²) in [5.74, 6) is 0.758. The molecule has 0 fully saturated rings. The van der Waals surface area contributed by atoms with Crippen LogP contribution in [-0.4, -0.2) is 9.97 Å². The van der Waals surface area contributed by atoms with E-state index < -0.39 is 0 Å². The minimum atomic E-state index is -0.230. The van der Waals surface area contributed by atoms with Crippen molar-refractivity contribution in [2.45, 2.75) is 19.3 Å². The normalized spacial score (nSPS) is 13.4. The number of benzene rings is 5. The second-order valence-electron chi connectivity index (χ2n) is 10.3. The third-order valence-electron chi connectivity index (χ3n) is 7.64. The molecule has 7 rings (SSSR count). The summed E-state index contributed by atoms with van der Waals surface area (Å²) in [7, 11) is 0. The first-order valence-corrected chi connectivity index (χ1v) is 12.8. The molecule has 0 saturated heterocycles. The molecule has 1 heterocycles. The van der Waals surface area contributed by atoms with Crippen LogP contribution in [0.25, 0.3) is 55.8 Å². The van der Waals surface area contributed by atoms with E-state index >= 15 is 0 Å². The van der Waals surface area contributed by atoms with E-state index in [1.54, 1.807) is 0 Å². The number of nitrogens with zero attached hydrogens (tertiary/aromatic N) is 2. The second-order valence-corrected chi connectivity index (χ2v) is 10.3. The zero-order valence-corrected chi connectivity index (χ0v) is 20.9. The lowest BCUT2D eigenvalue weighted by molar-refractivity contribution is 0.663. The van der Waals surface area contributed by atoms with E-state index in [2.05, 4.69) is 129 Å². The summed E-state index contributed by atoms with van der Waals surface area (Å²) in [6.45, 7) is 4.63. The third-order valence-corrected chi connectivity index (χ3v) is 7.64. The Balaban J connectivity index is 1.47. The van der Waals surface area contributed by atoms with E-state index in [1.165, 1.54) is 38.6 Å². The quantitative estimate of drug-likeness (QED) is 0.256. The lowest BCUT2D eigenvalue weighted by atomic mass is 9.79. The Labute approximate surface area is 217 Å². The molecule has 0 aliphatic heterocycles. The van der Waals surface area contributed by atoms with Crippen molar-refractivity contribution in [3.8, 4) is 45.0 Å². The fourth-order valence-corrected chi connectivity index (χ4v) is 5.89. The fraction of sp³-hybridized carbons (Fsp3) is 0.0857. The molecule has 0 saturated carbocycles. The van der Waals surface area contributed by atoms with Crippen molar-refractivity contribution in [1.82, 2.24) is 9.97 Å². The maximum Gasteiger partial charge on any atom is 0.160 e. The van der Waals surface area contributed by atoms with Gasteiger partial charge in [0.1, 0.15) is 0 Å². The molecule has 0 spiro atoms. The zero-order valence-electron chi connectivity index (χ0n) is 20.9. The van der Waals surface area contributed by atoms with Gasteiger partial charge in [-0.2, -0.15) is 0 Å². The maximum absolute atomic E-state index is 5.24. The summed E-state index contributed by atoms with van der Waals surface area (Å²) in [6.07, 6.45) is 0. The number of hydrogen-bond donors (Lipinski definition) is 0. The van der Waals surface area contributed by atoms with Crippen molar-refractivity contribution >= 4 is 10.8 Å². The van der Waals surface area contributed by atoms with E-state index in [9.17, 15) is 0 Å². The standard InChI is InChI=1S/C35H26N2/c1-35(2)30-28-16-10-9-13-25(28)21-22-29(30)33-31(35)32(26-14-7-4-8-15-26)36-34(37-33)27-19-17-24(18-20-27)23-11-5-3-6-12-23/h3-22H,1-2H3. The monoisotopic (exact) mass is 474 g/mol. The summed E-state index contributed by atoms with van der Waals surface area (Å²) in [5.41, 5.74) is 10.1. The molecule has 1 aliphatic rings. The molecule has 2 nitrogen and oxygen atoms in total. The predicted molar refractivity (Wildman–Crippen MR) is 153 cm³/mol. The van der Waals surface area contributed by atoms with E-state index in [0.717, 1.165) is 28.3 Å². The number of fused-ring (bicyclic) bond motifs is 5. The Hall–Kier alpha value is -4.56. The molecule has 0 atom stereocenters. The van der Waals surface area contributed by atoms with Crippen LogP contribution in [0.15, 0.2) is 121 Å². The summed E-state index contributed by atoms with van der Waals surface area (Å²) < 4.78 is 0. The summed E-state index contributed by atoms with van der Waals surface area (Å²) in [6, 6.07) is 42.7. The Morgan fingerprint density at radius 3 is 1.76 bits per heavy atom. The average molecular weight is 475 g/mol. The molecule has 1 aliphatic carbocycles. The molecular weight excluding hydrogens is 448 g/mol. The Kier molecular flexibility index (Phi) is 4.84. The fourth-order valence-electron chi connectivity index (χ4n) is 5.89. The van der Waals surface area contributed by atoms with Crippen LogP contribution in [0.1, 0.15) is 25.0 Å². The number of aromatic nitrogens is 2. The molecule has 0 radical (unpaired) electrons. The molecule has 0 N–H and O–H groups in total. The van der Waals surface area contributed by atoms with Gasteiger partial charge < -0.3 is 0 Å². The van der Waals surface area contributed by atoms with Crippen LogP contribution in [0, 0.1) is 0 Å². The van der Waals surface area contributed by atoms with Gasteiger partial charge in [-0.05, 0) is 27.5 Å². The van der Waals surface area contributed by atoms with Gasteiger partial charge in [-0.25, -0.2) is 9.97 Å². The molecule has 2 heteroatoms. The van der Waals surface area contributed by atoms with Crippen molar-refractivity contribution in [1.29, 1.82) is 0 Å². The SMILES string of the molecule is CC1(C)c2c(-c3ccccc3)nc(-c3ccc(-c4ccccc4)cc3)nc2-c2ccc3ccccc3c21. The van der Waals surface area contributed by atoms with E-state index in [1.807, 2.05) is 6.07 Å². The van der Waals surface area contributed by atoms with E-state index in [0.29, 0.717) is 0 Å². The molecule has 1 aromatic heterocycles. The van der Waals surface area contributed by atoms with Crippen LogP contribution in [0.4, 0.5) is 0 Å². The molecule has 37 heavy (non-hydrogen) atoms. The van der Waals surface area contributed by atoms with Gasteiger partial charge in [0, 0.05) is 27.7 Å². The molecule has 176 valence electrons. The van der Waals surface area contributed by atoms with Gasteiger partial charge in [0.25, 0.3) is 0 Å². The van der Waals surface area contributed by atoms with E-state index in [-0.39, 0.29) is 5.41 Å². The maximum atomic E-state index is 5.24. The molecular formula is C35H26N2. The van der Waals surface area contributed by atoms with Crippen molar-refractivity contribution < 1.29 is 0 Å². The molecule has 0 unspecified atom stereocenters. The van der Waals surface area contributed by atoms with Gasteiger partial charge in [-0.1, -0.05) is 135 Å². The first kappa shape index (κ1) is 21.7. The first-order valence-electron chi connectivity index (χ1n) is 12.8. The largest absolute Gasteiger partial charge is 0.228 e. The predicted octanol–water partition coefficient (Wildman–Crippen LogP) is 8.94. The van der Waals surface area contributed by atoms with Gasteiger partial charge in [-0.3, -0.25) is 0 Å². The number of rotatable bonds is 3. The molecule has 0 amide bonds. The highest BCUT2D eigenvalue weighted by atomic mass is 14.9. The van der Waals surface area contributed by atoms with Crippen LogP contribution < -0.4 is 0 Å². The van der Waals surface area contributed by atoms with Gasteiger partial charge in [0.2, 0.25) is 0 Å². The topological polar surface area (TPSA) is 25.8 Å². The highest BCUT2D eigenvalue weighted by Gasteiger charge is 2.41. The van der Waals surface area contributed by atoms with E-state index in [4.69, 9.17) is 9.97 Å². The average Bonchev–Trinajstić information content (AvgIpc) is 3.20. The Morgan fingerprint density at radius 1 is 0.459 bits per heavy atom. The molecule has 6 aromatic rings. The van der Waals surface area contributed by atoms with Crippen LogP contribution in [0.5, 0.6) is 0 Å². The summed E-state index contributed by atoms with van der Waals surface area (Å²) in [4.78, 5) is 10.5. The van der Waals surface area contributed by atoms with Crippen molar-refractivity contribution in [3.05, 3.63) is 132 Å². The third kappa shape index (κ3) is 3.41. The molecule has 0 bridgehead atoms. The summed E-state index contributed by atoms with van der Waals surface area (Å²) >= 11 is 0. The summed E-state index contributed by atoms with van der Waals surface area (Å²) in [5, 5.41) is 2.55. The van der Waals surface area contributed by atoms with Gasteiger partial charge in [-0.15, -0.1) is 0 Å². The van der Waals surface area contributed by atoms with Crippen molar-refractivity contribution in [2.75, 3.05) is 0 Å². The Bertz CT molecular complexity index is 1770. The minimum Gasteiger partial charge on any atom is -0.228 e. The van der Waals surface area contributed by atoms with Crippen LogP contribution in [0.3, 0.4) is 0 Å². The van der Waals surface area contributed by atoms with Crippen LogP contribution in [0.2, 0.25) is 0 Å². The number of hydrogen-bond acceptors (Lipinski definition) is 2. The Morgan fingerprint density at radius 2 is 1.03 bits per heavy atom. The first-order chi connectivity index (χ1) is 18.1. The minimum absolute atomic E-state index is 0.230. The van der Waals surface area contributed by atoms with Crippen molar-refractivity contribution in [2.24, 2.45) is 0 Å². The second kappa shape index (κ2) is 8.25. The zero-order chi connectivity index (χ0) is 25.0. The lowest BCUT2D eigenvalue weighted by Crippen LogP contribution is -2.18. The van der Waals surface area contributed by atoms with Gasteiger partial charge in [0.05, 0.1) is 11.4 Å². The van der Waals surface area contributed by atoms with Crippen molar-refractivity contribution in [3.63, 3.8) is 0 Å². The molecule has 5 aromatic carbocycles. The van der Waals surface area contributed by atoms with Gasteiger partial charge >= 0.3 is 0 Å². The van der Waals surface area contributed by atoms with Crippen LogP contribution >= 0.6 is 0 Å². The highest BCUT2D eigenvalue weighted by Crippen LogP contribution is 2.53. The highest BCUT2D eigenvalue weighted by molar-refractivity contribution is 5.98. The lowest BCUT2D eigenvalue weighted by Gasteiger charge is -2.25. The smallest absolute Gasteiger partial charge is 0.160 e. The van der Waals surface area contributed by atoms with Crippen LogP contribution in [-0.2, 0) is 5.41 Å². The van der Waals surface area contributed by atoms with Gasteiger partial charge in [0.15, 0.2) is 5.82 Å².